The number of hydrogen-bond acceptors (Lipinski definition) is 2. The smallest absolute Gasteiger partial charge is 0.167 e. The molecular formula is C20H26ClFO2. The summed E-state index contributed by atoms with van der Waals surface area (Å²) in [7, 11) is 0. The number of aryl methyl sites for hydroxylation is 1. The van der Waals surface area contributed by atoms with Crippen LogP contribution in [0.3, 0.4) is 0 Å². The Balaban J connectivity index is 1.60. The lowest BCUT2D eigenvalue weighted by atomic mass is 9.75. The fourth-order valence-corrected chi connectivity index (χ4v) is 4.39. The Kier molecular flexibility index (Phi) is 5.61. The van der Waals surface area contributed by atoms with Gasteiger partial charge in [-0.1, -0.05) is 24.6 Å². The molecule has 0 aromatic heterocycles. The third-order valence-corrected chi connectivity index (χ3v) is 6.12. The van der Waals surface area contributed by atoms with Gasteiger partial charge >= 0.3 is 0 Å². The summed E-state index contributed by atoms with van der Waals surface area (Å²) < 4.78 is 20.0. The zero-order valence-corrected chi connectivity index (χ0v) is 15.2. The van der Waals surface area contributed by atoms with E-state index in [2.05, 4.69) is 6.92 Å². The SMILES string of the molecule is Cc1ccc(C(=O)C2CCC([C@@H]3CCC(C)CO3)CC2)c(Cl)c1F. The molecule has 1 aromatic rings. The first kappa shape index (κ1) is 17.9. The number of carbonyl (C=O) groups is 1. The summed E-state index contributed by atoms with van der Waals surface area (Å²) in [6.45, 7) is 4.75. The molecule has 1 heterocycles. The summed E-state index contributed by atoms with van der Waals surface area (Å²) >= 11 is 6.06. The van der Waals surface area contributed by atoms with Gasteiger partial charge in [-0.25, -0.2) is 4.39 Å². The molecule has 0 N–H and O–H groups in total. The van der Waals surface area contributed by atoms with Crippen molar-refractivity contribution in [1.29, 1.82) is 0 Å². The third-order valence-electron chi connectivity index (χ3n) is 5.75. The van der Waals surface area contributed by atoms with Crippen LogP contribution in [-0.2, 0) is 4.74 Å². The number of benzene rings is 1. The van der Waals surface area contributed by atoms with E-state index in [0.717, 1.165) is 38.7 Å². The summed E-state index contributed by atoms with van der Waals surface area (Å²) in [6, 6.07) is 3.30. The first-order chi connectivity index (χ1) is 11.5. The maximum atomic E-state index is 14.0. The molecular weight excluding hydrogens is 327 g/mol. The highest BCUT2D eigenvalue weighted by molar-refractivity contribution is 6.34. The van der Waals surface area contributed by atoms with Gasteiger partial charge in [-0.15, -0.1) is 0 Å². The van der Waals surface area contributed by atoms with Crippen LogP contribution in [0.2, 0.25) is 5.02 Å². The van der Waals surface area contributed by atoms with Crippen LogP contribution in [0.5, 0.6) is 0 Å². The summed E-state index contributed by atoms with van der Waals surface area (Å²) in [5, 5.41) is -0.0216. The van der Waals surface area contributed by atoms with E-state index in [4.69, 9.17) is 16.3 Å². The van der Waals surface area contributed by atoms with Crippen LogP contribution in [0.25, 0.3) is 0 Å². The van der Waals surface area contributed by atoms with Crippen molar-refractivity contribution >= 4 is 17.4 Å². The van der Waals surface area contributed by atoms with Gasteiger partial charge in [-0.3, -0.25) is 4.79 Å². The minimum atomic E-state index is -0.471. The van der Waals surface area contributed by atoms with Crippen molar-refractivity contribution in [2.75, 3.05) is 6.61 Å². The molecule has 2 aliphatic rings. The number of ether oxygens (including phenoxy) is 1. The quantitative estimate of drug-likeness (QED) is 0.662. The second-order valence-corrected chi connectivity index (χ2v) is 7.97. The fourth-order valence-electron chi connectivity index (χ4n) is 4.08. The first-order valence-corrected chi connectivity index (χ1v) is 9.45. The van der Waals surface area contributed by atoms with E-state index in [-0.39, 0.29) is 16.7 Å². The van der Waals surface area contributed by atoms with Crippen molar-refractivity contribution in [3.05, 3.63) is 34.1 Å². The molecule has 3 rings (SSSR count). The Bertz CT molecular complexity index is 600. The van der Waals surface area contributed by atoms with Gasteiger partial charge in [0.25, 0.3) is 0 Å². The van der Waals surface area contributed by atoms with Gasteiger partial charge in [0.2, 0.25) is 0 Å². The third kappa shape index (κ3) is 3.67. The second-order valence-electron chi connectivity index (χ2n) is 7.59. The van der Waals surface area contributed by atoms with Gasteiger partial charge in [0.15, 0.2) is 5.78 Å². The summed E-state index contributed by atoms with van der Waals surface area (Å²) in [4.78, 5) is 12.7. The van der Waals surface area contributed by atoms with E-state index >= 15 is 0 Å². The van der Waals surface area contributed by atoms with Crippen molar-refractivity contribution in [2.24, 2.45) is 17.8 Å². The largest absolute Gasteiger partial charge is 0.378 e. The molecule has 2 nitrogen and oxygen atoms in total. The van der Waals surface area contributed by atoms with Crippen LogP contribution in [0.15, 0.2) is 12.1 Å². The molecule has 1 aromatic carbocycles. The number of Topliss-reactive ketones (excluding diaryl/α,β-unsaturated/α-hetero) is 1. The van der Waals surface area contributed by atoms with Crippen LogP contribution in [-0.4, -0.2) is 18.5 Å². The Morgan fingerprint density at radius 2 is 1.88 bits per heavy atom. The number of ketones is 1. The van der Waals surface area contributed by atoms with Crippen molar-refractivity contribution in [2.45, 2.75) is 58.5 Å². The van der Waals surface area contributed by atoms with E-state index in [1.807, 2.05) is 0 Å². The van der Waals surface area contributed by atoms with E-state index in [1.165, 1.54) is 6.42 Å². The van der Waals surface area contributed by atoms with Crippen LogP contribution < -0.4 is 0 Å². The molecule has 0 radical (unpaired) electrons. The molecule has 24 heavy (non-hydrogen) atoms. The average Bonchev–Trinajstić information content (AvgIpc) is 2.60. The van der Waals surface area contributed by atoms with Gasteiger partial charge in [0.1, 0.15) is 5.82 Å². The Morgan fingerprint density at radius 3 is 2.50 bits per heavy atom. The van der Waals surface area contributed by atoms with Crippen LogP contribution in [0.1, 0.15) is 61.4 Å². The average molecular weight is 353 g/mol. The lowest BCUT2D eigenvalue weighted by Gasteiger charge is -2.36. The minimum Gasteiger partial charge on any atom is -0.378 e. The van der Waals surface area contributed by atoms with Crippen molar-refractivity contribution in [3.63, 3.8) is 0 Å². The zero-order chi connectivity index (χ0) is 17.3. The Labute approximate surface area is 148 Å². The Hall–Kier alpha value is -0.930. The number of rotatable bonds is 3. The topological polar surface area (TPSA) is 26.3 Å². The fraction of sp³-hybridized carbons (Fsp3) is 0.650. The molecule has 0 spiro atoms. The number of carbonyl (C=O) groups excluding carboxylic acids is 1. The zero-order valence-electron chi connectivity index (χ0n) is 14.5. The van der Waals surface area contributed by atoms with Crippen molar-refractivity contribution in [3.8, 4) is 0 Å². The molecule has 0 bridgehead atoms. The van der Waals surface area contributed by atoms with Gasteiger partial charge in [-0.2, -0.15) is 0 Å². The molecule has 1 saturated carbocycles. The van der Waals surface area contributed by atoms with E-state index in [0.29, 0.717) is 29.1 Å². The normalized spacial score (nSPS) is 31.0. The maximum Gasteiger partial charge on any atom is 0.167 e. The van der Waals surface area contributed by atoms with Gasteiger partial charge < -0.3 is 4.74 Å². The van der Waals surface area contributed by atoms with Crippen molar-refractivity contribution < 1.29 is 13.9 Å². The van der Waals surface area contributed by atoms with E-state index in [1.54, 1.807) is 19.1 Å². The molecule has 0 amide bonds. The van der Waals surface area contributed by atoms with E-state index < -0.39 is 5.82 Å². The molecule has 4 heteroatoms. The van der Waals surface area contributed by atoms with Crippen molar-refractivity contribution in [1.82, 2.24) is 0 Å². The second kappa shape index (κ2) is 7.53. The van der Waals surface area contributed by atoms with E-state index in [9.17, 15) is 9.18 Å². The number of halogens is 2. The lowest BCUT2D eigenvalue weighted by Crippen LogP contribution is -2.34. The monoisotopic (exact) mass is 352 g/mol. The predicted molar refractivity (Wildman–Crippen MR) is 94.1 cm³/mol. The standard InChI is InChI=1S/C20H26ClFO2/c1-12-3-10-17(24-11-12)14-5-7-15(8-6-14)20(23)16-9-4-13(2)19(22)18(16)21/h4,9,12,14-15,17H,3,5-8,10-11H2,1-2H3/t12?,14?,15?,17-/m0/s1. The molecule has 132 valence electrons. The molecule has 2 fully saturated rings. The highest BCUT2D eigenvalue weighted by Crippen LogP contribution is 2.38. The first-order valence-electron chi connectivity index (χ1n) is 9.07. The number of hydrogen-bond donors (Lipinski definition) is 0. The Morgan fingerprint density at radius 1 is 1.17 bits per heavy atom. The van der Waals surface area contributed by atoms with Gasteiger partial charge in [0.05, 0.1) is 11.1 Å². The molecule has 1 unspecified atom stereocenters. The minimum absolute atomic E-state index is 0.00413. The molecule has 1 saturated heterocycles. The van der Waals surface area contributed by atoms with Crippen LogP contribution >= 0.6 is 11.6 Å². The summed E-state index contributed by atoms with van der Waals surface area (Å²) in [5.41, 5.74) is 0.815. The van der Waals surface area contributed by atoms with Crippen LogP contribution in [0, 0.1) is 30.5 Å². The molecule has 2 atom stereocenters. The highest BCUT2D eigenvalue weighted by atomic mass is 35.5. The van der Waals surface area contributed by atoms with Crippen LogP contribution in [0.4, 0.5) is 4.39 Å². The van der Waals surface area contributed by atoms with Gasteiger partial charge in [0, 0.05) is 18.1 Å². The predicted octanol–water partition coefficient (Wildman–Crippen LogP) is 5.59. The van der Waals surface area contributed by atoms with Gasteiger partial charge in [-0.05, 0) is 68.9 Å². The summed E-state index contributed by atoms with van der Waals surface area (Å²) in [5.74, 6) is 0.712. The highest BCUT2D eigenvalue weighted by Gasteiger charge is 2.34. The maximum absolute atomic E-state index is 14.0. The lowest BCUT2D eigenvalue weighted by molar-refractivity contribution is -0.0535. The summed E-state index contributed by atoms with van der Waals surface area (Å²) in [6.07, 6.45) is 6.47. The molecule has 1 aliphatic carbocycles. The molecule has 1 aliphatic heterocycles.